The molecule has 0 fully saturated rings. The van der Waals surface area contributed by atoms with Gasteiger partial charge >= 0.3 is 6.18 Å². The Morgan fingerprint density at radius 1 is 1.03 bits per heavy atom. The van der Waals surface area contributed by atoms with Crippen molar-refractivity contribution in [2.45, 2.75) is 6.18 Å². The summed E-state index contributed by atoms with van der Waals surface area (Å²) in [6.45, 7) is -0.342. The number of hydrogen-bond donors (Lipinski definition) is 2. The number of methoxy groups -OCH3 is 1. The predicted molar refractivity (Wildman–Crippen MR) is 106 cm³/mol. The van der Waals surface area contributed by atoms with Gasteiger partial charge in [0.1, 0.15) is 5.75 Å². The van der Waals surface area contributed by atoms with Gasteiger partial charge < -0.3 is 9.94 Å². The van der Waals surface area contributed by atoms with Gasteiger partial charge in [0.25, 0.3) is 21.9 Å². The van der Waals surface area contributed by atoms with Crippen LogP contribution in [0.3, 0.4) is 0 Å². The van der Waals surface area contributed by atoms with Crippen molar-refractivity contribution in [3.8, 4) is 5.75 Å². The van der Waals surface area contributed by atoms with Crippen LogP contribution in [0, 0.1) is 0 Å². The summed E-state index contributed by atoms with van der Waals surface area (Å²) in [4.78, 5) is 24.3. The maximum Gasteiger partial charge on any atom is 0.437 e. The zero-order valence-corrected chi connectivity index (χ0v) is 17.2. The maximum absolute atomic E-state index is 12.3. The molecule has 9 nitrogen and oxygen atoms in total. The number of carbonyl (C=O) groups excluding carboxylic acids is 2. The van der Waals surface area contributed by atoms with E-state index in [9.17, 15) is 31.2 Å². The van der Waals surface area contributed by atoms with Crippen LogP contribution in [0.25, 0.3) is 0 Å². The third kappa shape index (κ3) is 6.04. The van der Waals surface area contributed by atoms with E-state index in [0.29, 0.717) is 5.75 Å². The van der Waals surface area contributed by atoms with E-state index in [-0.39, 0.29) is 23.2 Å². The highest BCUT2D eigenvalue weighted by atomic mass is 32.2. The predicted octanol–water partition coefficient (Wildman–Crippen LogP) is 2.61. The van der Waals surface area contributed by atoms with Crippen molar-refractivity contribution >= 4 is 27.6 Å². The lowest BCUT2D eigenvalue weighted by Crippen LogP contribution is -2.34. The number of oxime groups is 1. The highest BCUT2D eigenvalue weighted by Gasteiger charge is 2.37. The number of carbonyl (C=O) groups is 2. The van der Waals surface area contributed by atoms with E-state index in [1.807, 2.05) is 0 Å². The largest absolute Gasteiger partial charge is 0.497 e. The minimum Gasteiger partial charge on any atom is -0.497 e. The molecule has 0 radical (unpaired) electrons. The summed E-state index contributed by atoms with van der Waals surface area (Å²) in [6.07, 6.45) is -4.68. The van der Waals surface area contributed by atoms with Crippen LogP contribution >= 0.6 is 0 Å². The lowest BCUT2D eigenvalue weighted by Gasteiger charge is -2.11. The van der Waals surface area contributed by atoms with Gasteiger partial charge in [-0.1, -0.05) is 17.3 Å². The number of amides is 2. The second kappa shape index (κ2) is 9.78. The van der Waals surface area contributed by atoms with Crippen LogP contribution in [-0.2, 0) is 10.1 Å². The normalized spacial score (nSPS) is 14.0. The van der Waals surface area contributed by atoms with E-state index in [1.165, 1.54) is 43.5 Å². The monoisotopic (exact) mass is 474 g/mol. The summed E-state index contributed by atoms with van der Waals surface area (Å²) >= 11 is 0. The van der Waals surface area contributed by atoms with Crippen molar-refractivity contribution < 1.29 is 45.7 Å². The highest BCUT2D eigenvalue weighted by molar-refractivity contribution is 7.85. The molecule has 1 heterocycles. The van der Waals surface area contributed by atoms with E-state index >= 15 is 0 Å². The number of benzene rings is 2. The van der Waals surface area contributed by atoms with E-state index in [1.54, 1.807) is 12.1 Å². The van der Waals surface area contributed by atoms with Crippen LogP contribution in [0.4, 0.5) is 13.2 Å². The van der Waals surface area contributed by atoms with Crippen molar-refractivity contribution in [2.24, 2.45) is 5.16 Å². The Balaban J connectivity index is 0.000000229. The van der Waals surface area contributed by atoms with Gasteiger partial charge in [-0.05, 0) is 36.4 Å². The molecule has 0 unspecified atom stereocenters. The maximum atomic E-state index is 12.3. The second-order valence-corrected chi connectivity index (χ2v) is 7.84. The zero-order valence-electron chi connectivity index (χ0n) is 16.4. The van der Waals surface area contributed by atoms with Gasteiger partial charge in [0.2, 0.25) is 0 Å². The minimum atomic E-state index is -4.68. The number of imide groups is 1. The molecule has 172 valence electrons. The Bertz CT molecular complexity index is 1100. The second-order valence-electron chi connectivity index (χ2n) is 6.27. The Labute approximate surface area is 180 Å². The highest BCUT2D eigenvalue weighted by Crippen LogP contribution is 2.24. The molecule has 32 heavy (non-hydrogen) atoms. The smallest absolute Gasteiger partial charge is 0.437 e. The SMILES string of the molecule is COc1ccc(C(=NO)C(F)(F)F)cc1.O=C1c2ccccc2C(=O)N1CCS(=O)(=O)O. The van der Waals surface area contributed by atoms with Crippen LogP contribution < -0.4 is 4.74 Å². The fourth-order valence-corrected chi connectivity index (χ4v) is 3.09. The third-order valence-electron chi connectivity index (χ3n) is 4.18. The van der Waals surface area contributed by atoms with Crippen molar-refractivity contribution in [1.82, 2.24) is 4.90 Å². The molecule has 2 N–H and O–H groups in total. The van der Waals surface area contributed by atoms with Gasteiger partial charge in [-0.3, -0.25) is 19.0 Å². The molecule has 0 aliphatic carbocycles. The summed E-state index contributed by atoms with van der Waals surface area (Å²) in [6, 6.07) is 11.3. The van der Waals surface area contributed by atoms with Crippen LogP contribution in [0.15, 0.2) is 53.7 Å². The number of hydrogen-bond acceptors (Lipinski definition) is 7. The van der Waals surface area contributed by atoms with E-state index in [0.717, 1.165) is 4.90 Å². The fraction of sp³-hybridized carbons (Fsp3) is 0.211. The number of nitrogens with zero attached hydrogens (tertiary/aromatic N) is 2. The van der Waals surface area contributed by atoms with Gasteiger partial charge in [0.15, 0.2) is 5.71 Å². The van der Waals surface area contributed by atoms with Crippen molar-refractivity contribution in [1.29, 1.82) is 0 Å². The van der Waals surface area contributed by atoms with Crippen LogP contribution in [0.5, 0.6) is 5.75 Å². The standard InChI is InChI=1S/C10H9NO5S.C9H8F3NO2/c12-9-7-3-1-2-4-8(7)10(13)11(9)5-6-17(14,15)16;1-15-7-4-2-6(3-5-7)8(13-14)9(10,11)12/h1-4H,5-6H2,(H,14,15,16);2-5,14H,1H3. The first kappa shape index (κ1) is 24.8. The summed E-state index contributed by atoms with van der Waals surface area (Å²) < 4.78 is 71.3. The number of fused-ring (bicyclic) bond motifs is 1. The van der Waals surface area contributed by atoms with Crippen molar-refractivity contribution in [3.05, 3.63) is 65.2 Å². The molecule has 2 aromatic rings. The molecule has 1 aliphatic rings. The van der Waals surface area contributed by atoms with E-state index in [2.05, 4.69) is 5.16 Å². The Morgan fingerprint density at radius 3 is 1.91 bits per heavy atom. The van der Waals surface area contributed by atoms with E-state index < -0.39 is 39.6 Å². The molecule has 0 saturated heterocycles. The molecule has 2 amide bonds. The third-order valence-corrected chi connectivity index (χ3v) is 4.88. The summed E-state index contributed by atoms with van der Waals surface area (Å²) in [7, 11) is -2.79. The lowest BCUT2D eigenvalue weighted by atomic mass is 10.1. The van der Waals surface area contributed by atoms with E-state index in [4.69, 9.17) is 14.5 Å². The topological polar surface area (TPSA) is 134 Å². The van der Waals surface area contributed by atoms with Crippen molar-refractivity contribution in [2.75, 3.05) is 19.4 Å². The van der Waals surface area contributed by atoms with Gasteiger partial charge in [0, 0.05) is 12.1 Å². The number of rotatable bonds is 5. The Hall–Kier alpha value is -3.45. The first-order valence-electron chi connectivity index (χ1n) is 8.73. The summed E-state index contributed by atoms with van der Waals surface area (Å²) in [5.41, 5.74) is -1.03. The van der Waals surface area contributed by atoms with Crippen LogP contribution in [0.1, 0.15) is 26.3 Å². The number of ether oxygens (including phenoxy) is 1. The molecule has 0 spiro atoms. The van der Waals surface area contributed by atoms with Crippen LogP contribution in [0.2, 0.25) is 0 Å². The first-order valence-corrected chi connectivity index (χ1v) is 10.3. The molecule has 3 rings (SSSR count). The molecule has 0 atom stereocenters. The van der Waals surface area contributed by atoms with Crippen molar-refractivity contribution in [3.63, 3.8) is 0 Å². The molecule has 13 heteroatoms. The zero-order chi connectivity index (χ0) is 24.1. The number of alkyl halides is 3. The molecule has 0 aromatic heterocycles. The molecular weight excluding hydrogens is 457 g/mol. The average molecular weight is 474 g/mol. The summed E-state index contributed by atoms with van der Waals surface area (Å²) in [5, 5.41) is 10.5. The van der Waals surface area contributed by atoms with Gasteiger partial charge in [-0.15, -0.1) is 0 Å². The summed E-state index contributed by atoms with van der Waals surface area (Å²) in [5.74, 6) is -1.29. The van der Waals surface area contributed by atoms with Gasteiger partial charge in [-0.25, -0.2) is 0 Å². The average Bonchev–Trinajstić information content (AvgIpc) is 2.97. The van der Waals surface area contributed by atoms with Gasteiger partial charge in [0.05, 0.1) is 24.0 Å². The molecule has 2 aromatic carbocycles. The Morgan fingerprint density at radius 2 is 1.53 bits per heavy atom. The van der Waals surface area contributed by atoms with Crippen LogP contribution in [-0.4, -0.2) is 66.2 Å². The lowest BCUT2D eigenvalue weighted by molar-refractivity contribution is -0.0601. The molecule has 0 saturated carbocycles. The minimum absolute atomic E-state index is 0.217. The Kier molecular flexibility index (Phi) is 7.59. The molecule has 0 bridgehead atoms. The quantitative estimate of drug-likeness (QED) is 0.224. The fourth-order valence-electron chi connectivity index (χ4n) is 2.68. The molecule has 1 aliphatic heterocycles. The number of halogens is 3. The van der Waals surface area contributed by atoms with Gasteiger partial charge in [-0.2, -0.15) is 21.6 Å². The first-order chi connectivity index (χ1) is 14.9. The molecular formula is C19H17F3N2O7S.